The second-order valence-corrected chi connectivity index (χ2v) is 8.92. The summed E-state index contributed by atoms with van der Waals surface area (Å²) in [5.41, 5.74) is 5.26. The molecule has 0 spiro atoms. The summed E-state index contributed by atoms with van der Waals surface area (Å²) < 4.78 is 26.3. The molecule has 0 saturated carbocycles. The highest BCUT2D eigenvalue weighted by molar-refractivity contribution is 5.86. The maximum Gasteiger partial charge on any atom is 0.333 e. The molecule has 0 atom stereocenters. The van der Waals surface area contributed by atoms with Gasteiger partial charge in [-0.05, 0) is 60.6 Å². The predicted octanol–water partition coefficient (Wildman–Crippen LogP) is 6.93. The molecule has 0 aromatic heterocycles. The second kappa shape index (κ2) is 13.6. The van der Waals surface area contributed by atoms with E-state index < -0.39 is 5.97 Å². The maximum absolute atomic E-state index is 15.3. The van der Waals surface area contributed by atoms with Crippen LogP contribution >= 0.6 is 0 Å². The van der Waals surface area contributed by atoms with Gasteiger partial charge in [0.2, 0.25) is 0 Å². The number of aryl methyl sites for hydroxylation is 1. The molecule has 5 heteroatoms. The van der Waals surface area contributed by atoms with Crippen LogP contribution in [0.2, 0.25) is 0 Å². The summed E-state index contributed by atoms with van der Waals surface area (Å²) in [7, 11) is 0. The highest BCUT2D eigenvalue weighted by Crippen LogP contribution is 2.35. The molecule has 0 fully saturated rings. The van der Waals surface area contributed by atoms with Gasteiger partial charge in [-0.2, -0.15) is 0 Å². The first-order valence-electron chi connectivity index (χ1n) is 12.5. The fourth-order valence-electron chi connectivity index (χ4n) is 3.96. The Bertz CT molecular complexity index is 1170. The SMILES string of the molecule is C=C(C)C(=O)OCCOc1cc(CCO)ccc1-c1ccc(-c2ccc(CCCCC)cc2)cc1F. The van der Waals surface area contributed by atoms with Crippen LogP contribution in [-0.2, 0) is 22.4 Å². The third-order valence-corrected chi connectivity index (χ3v) is 5.98. The molecule has 0 amide bonds. The van der Waals surface area contributed by atoms with Crippen LogP contribution in [0.1, 0.15) is 44.2 Å². The lowest BCUT2D eigenvalue weighted by Gasteiger charge is -2.15. The van der Waals surface area contributed by atoms with E-state index in [0.717, 1.165) is 23.1 Å². The number of unbranched alkanes of at least 4 members (excludes halogenated alkanes) is 2. The van der Waals surface area contributed by atoms with Gasteiger partial charge in [0.1, 0.15) is 24.8 Å². The maximum atomic E-state index is 15.3. The van der Waals surface area contributed by atoms with Crippen LogP contribution in [0.15, 0.2) is 72.8 Å². The molecule has 0 unspecified atom stereocenters. The van der Waals surface area contributed by atoms with Crippen molar-refractivity contribution >= 4 is 5.97 Å². The summed E-state index contributed by atoms with van der Waals surface area (Å²) >= 11 is 0. The summed E-state index contributed by atoms with van der Waals surface area (Å²) in [6.07, 6.45) is 5.11. The number of carbonyl (C=O) groups is 1. The second-order valence-electron chi connectivity index (χ2n) is 8.92. The number of aliphatic hydroxyl groups excluding tert-OH is 1. The van der Waals surface area contributed by atoms with Crippen LogP contribution < -0.4 is 4.74 Å². The van der Waals surface area contributed by atoms with Gasteiger partial charge in [-0.1, -0.05) is 74.9 Å². The molecule has 3 rings (SSSR count). The van der Waals surface area contributed by atoms with Crippen LogP contribution in [-0.4, -0.2) is 30.9 Å². The van der Waals surface area contributed by atoms with Crippen molar-refractivity contribution in [3.8, 4) is 28.0 Å². The van der Waals surface area contributed by atoms with Gasteiger partial charge in [0.05, 0.1) is 0 Å². The van der Waals surface area contributed by atoms with Gasteiger partial charge in [0, 0.05) is 23.3 Å². The number of aliphatic hydroxyl groups is 1. The largest absolute Gasteiger partial charge is 0.489 e. The zero-order chi connectivity index (χ0) is 25.9. The van der Waals surface area contributed by atoms with Gasteiger partial charge in [-0.15, -0.1) is 0 Å². The molecule has 190 valence electrons. The highest BCUT2D eigenvalue weighted by Gasteiger charge is 2.14. The molecule has 0 bridgehead atoms. The van der Waals surface area contributed by atoms with E-state index in [1.54, 1.807) is 31.2 Å². The Hall–Kier alpha value is -3.44. The monoisotopic (exact) mass is 490 g/mol. The summed E-state index contributed by atoms with van der Waals surface area (Å²) in [6, 6.07) is 19.0. The average Bonchev–Trinajstić information content (AvgIpc) is 2.87. The number of ether oxygens (including phenoxy) is 2. The molecule has 0 aliphatic carbocycles. The molecule has 3 aromatic carbocycles. The summed E-state index contributed by atoms with van der Waals surface area (Å²) in [6.45, 7) is 7.48. The van der Waals surface area contributed by atoms with E-state index in [0.29, 0.717) is 28.9 Å². The minimum atomic E-state index is -0.483. The van der Waals surface area contributed by atoms with E-state index in [9.17, 15) is 9.90 Å². The zero-order valence-corrected chi connectivity index (χ0v) is 21.2. The Morgan fingerprint density at radius 2 is 1.58 bits per heavy atom. The highest BCUT2D eigenvalue weighted by atomic mass is 19.1. The number of halogens is 1. The van der Waals surface area contributed by atoms with Crippen molar-refractivity contribution < 1.29 is 23.8 Å². The smallest absolute Gasteiger partial charge is 0.333 e. The third kappa shape index (κ3) is 7.53. The number of hydrogen-bond donors (Lipinski definition) is 1. The molecular weight excluding hydrogens is 455 g/mol. The number of rotatable bonds is 13. The Kier molecular flexibility index (Phi) is 10.3. The van der Waals surface area contributed by atoms with Gasteiger partial charge < -0.3 is 14.6 Å². The van der Waals surface area contributed by atoms with Crippen molar-refractivity contribution in [1.82, 2.24) is 0 Å². The van der Waals surface area contributed by atoms with Gasteiger partial charge >= 0.3 is 5.97 Å². The zero-order valence-electron chi connectivity index (χ0n) is 21.2. The summed E-state index contributed by atoms with van der Waals surface area (Å²) in [4.78, 5) is 11.6. The van der Waals surface area contributed by atoms with Gasteiger partial charge in [0.15, 0.2) is 0 Å². The fraction of sp³-hybridized carbons (Fsp3) is 0.323. The lowest BCUT2D eigenvalue weighted by molar-refractivity contribution is -0.139. The van der Waals surface area contributed by atoms with Crippen molar-refractivity contribution in [3.63, 3.8) is 0 Å². The van der Waals surface area contributed by atoms with E-state index in [1.807, 2.05) is 24.3 Å². The van der Waals surface area contributed by atoms with E-state index in [2.05, 4.69) is 25.6 Å². The van der Waals surface area contributed by atoms with Crippen LogP contribution in [0.5, 0.6) is 5.75 Å². The molecule has 0 saturated heterocycles. The summed E-state index contributed by atoms with van der Waals surface area (Å²) in [5, 5.41) is 9.31. The van der Waals surface area contributed by atoms with Crippen molar-refractivity contribution in [1.29, 1.82) is 0 Å². The van der Waals surface area contributed by atoms with Crippen molar-refractivity contribution in [2.45, 2.75) is 46.0 Å². The Morgan fingerprint density at radius 1 is 0.889 bits per heavy atom. The van der Waals surface area contributed by atoms with Crippen LogP contribution in [0.25, 0.3) is 22.3 Å². The standard InChI is InChI=1S/C31H35FO4/c1-4-5-6-7-23-8-11-25(12-9-23)26-13-15-27(29(32)21-26)28-14-10-24(16-17-33)20-30(28)35-18-19-36-31(34)22(2)3/h8-15,20-21,33H,2,4-7,16-19H2,1,3H3. The van der Waals surface area contributed by atoms with Crippen LogP contribution in [0, 0.1) is 5.82 Å². The molecule has 1 N–H and O–H groups in total. The first-order chi connectivity index (χ1) is 17.4. The van der Waals surface area contributed by atoms with Gasteiger partial charge in [-0.25, -0.2) is 9.18 Å². The van der Waals surface area contributed by atoms with E-state index >= 15 is 4.39 Å². The van der Waals surface area contributed by atoms with Crippen molar-refractivity contribution in [3.05, 3.63) is 89.8 Å². The van der Waals surface area contributed by atoms with Crippen molar-refractivity contribution in [2.75, 3.05) is 19.8 Å². The third-order valence-electron chi connectivity index (χ3n) is 5.98. The van der Waals surface area contributed by atoms with Gasteiger partial charge in [-0.3, -0.25) is 0 Å². The number of esters is 1. The average molecular weight is 491 g/mol. The quantitative estimate of drug-likeness (QED) is 0.160. The number of hydrogen-bond acceptors (Lipinski definition) is 4. The van der Waals surface area contributed by atoms with E-state index in [4.69, 9.17) is 9.47 Å². The minimum absolute atomic E-state index is 0.00450. The number of benzene rings is 3. The Labute approximate surface area is 213 Å². The van der Waals surface area contributed by atoms with Gasteiger partial charge in [0.25, 0.3) is 0 Å². The first-order valence-corrected chi connectivity index (χ1v) is 12.5. The lowest BCUT2D eigenvalue weighted by Crippen LogP contribution is -2.13. The normalized spacial score (nSPS) is 10.8. The Morgan fingerprint density at radius 3 is 2.25 bits per heavy atom. The molecule has 36 heavy (non-hydrogen) atoms. The van der Waals surface area contributed by atoms with Crippen LogP contribution in [0.3, 0.4) is 0 Å². The van der Waals surface area contributed by atoms with Crippen LogP contribution in [0.4, 0.5) is 4.39 Å². The molecular formula is C31H35FO4. The molecule has 4 nitrogen and oxygen atoms in total. The van der Waals surface area contributed by atoms with E-state index in [1.165, 1.54) is 24.8 Å². The molecule has 0 radical (unpaired) electrons. The summed E-state index contributed by atoms with van der Waals surface area (Å²) in [5.74, 6) is -0.369. The molecule has 0 aliphatic heterocycles. The Balaban J connectivity index is 1.79. The minimum Gasteiger partial charge on any atom is -0.489 e. The first kappa shape index (κ1) is 27.2. The lowest BCUT2D eigenvalue weighted by atomic mass is 9.96. The fourth-order valence-corrected chi connectivity index (χ4v) is 3.96. The van der Waals surface area contributed by atoms with Crippen molar-refractivity contribution in [2.24, 2.45) is 0 Å². The number of carbonyl (C=O) groups excluding carboxylic acids is 1. The van der Waals surface area contributed by atoms with E-state index in [-0.39, 0.29) is 25.6 Å². The molecule has 0 heterocycles. The predicted molar refractivity (Wildman–Crippen MR) is 143 cm³/mol. The topological polar surface area (TPSA) is 55.8 Å². The molecule has 0 aliphatic rings. The molecule has 3 aromatic rings.